The lowest BCUT2D eigenvalue weighted by atomic mass is 10.1. The molecule has 2 unspecified atom stereocenters. The van der Waals surface area contributed by atoms with Crippen molar-refractivity contribution < 1.29 is 37.6 Å². The first-order chi connectivity index (χ1) is 38.3. The molecule has 0 aliphatic carbocycles. The van der Waals surface area contributed by atoms with Crippen LogP contribution >= 0.6 is 7.82 Å². The van der Waals surface area contributed by atoms with Crippen LogP contribution in [0.5, 0.6) is 0 Å². The monoisotopic (exact) mass is 1100 g/mol. The summed E-state index contributed by atoms with van der Waals surface area (Å²) < 4.78 is 33.0. The lowest BCUT2D eigenvalue weighted by Crippen LogP contribution is -2.29. The van der Waals surface area contributed by atoms with Crippen molar-refractivity contribution in [1.29, 1.82) is 0 Å². The van der Waals surface area contributed by atoms with E-state index in [9.17, 15) is 19.0 Å². The largest absolute Gasteiger partial charge is 0.472 e. The second-order valence-electron chi connectivity index (χ2n) is 19.8. The first-order valence-electron chi connectivity index (χ1n) is 30.8. The lowest BCUT2D eigenvalue weighted by molar-refractivity contribution is -0.161. The van der Waals surface area contributed by atoms with Gasteiger partial charge in [-0.15, -0.1) is 0 Å². The summed E-state index contributed by atoms with van der Waals surface area (Å²) in [7, 11) is -4.40. The summed E-state index contributed by atoms with van der Waals surface area (Å²) in [5.41, 5.74) is 5.38. The number of rotatable bonds is 56. The molecule has 9 nitrogen and oxygen atoms in total. The van der Waals surface area contributed by atoms with Gasteiger partial charge in [0.1, 0.15) is 6.61 Å². The number of ether oxygens (including phenoxy) is 2. The van der Waals surface area contributed by atoms with Crippen LogP contribution in [0.1, 0.15) is 239 Å². The van der Waals surface area contributed by atoms with Crippen LogP contribution in [0.25, 0.3) is 0 Å². The van der Waals surface area contributed by atoms with E-state index in [1.165, 1.54) is 64.2 Å². The number of unbranched alkanes of at least 4 members (excludes halogenated alkanes) is 19. The summed E-state index contributed by atoms with van der Waals surface area (Å²) in [5, 5.41) is 0. The van der Waals surface area contributed by atoms with Crippen molar-refractivity contribution in [2.75, 3.05) is 26.4 Å². The maximum Gasteiger partial charge on any atom is 0.472 e. The predicted molar refractivity (Wildman–Crippen MR) is 334 cm³/mol. The third-order valence-electron chi connectivity index (χ3n) is 12.5. The molecule has 0 spiro atoms. The number of carbonyl (C=O) groups excluding carboxylic acids is 2. The molecular formula is C68H112NO8P. The van der Waals surface area contributed by atoms with E-state index in [1.54, 1.807) is 0 Å². The molecule has 3 N–H and O–H groups in total. The highest BCUT2D eigenvalue weighted by Gasteiger charge is 2.26. The summed E-state index contributed by atoms with van der Waals surface area (Å²) in [6.07, 6.45) is 89.1. The van der Waals surface area contributed by atoms with Crippen molar-refractivity contribution in [1.82, 2.24) is 0 Å². The second-order valence-corrected chi connectivity index (χ2v) is 21.3. The van der Waals surface area contributed by atoms with Gasteiger partial charge >= 0.3 is 19.8 Å². The van der Waals surface area contributed by atoms with Crippen molar-refractivity contribution in [3.05, 3.63) is 146 Å². The average molecular weight is 1100 g/mol. The molecule has 2 atom stereocenters. The SMILES string of the molecule is CC/C=C\C/C=C\C/C=C\C/C=C\C/C=C\C/C=C\C/C=C\C/C=C\C/C=C\C/C=C\C/C=C\CCCCCCCCCC(=O)OC(COC(=O)CCCCCCC/C=C\CCCCCCCCC)COP(=O)(O)OCCN. The molecule has 0 saturated heterocycles. The average Bonchev–Trinajstić information content (AvgIpc) is 3.43. The quantitative estimate of drug-likeness (QED) is 0.0264. The number of allylic oxidation sites excluding steroid dienone is 24. The molecule has 0 saturated carbocycles. The maximum absolute atomic E-state index is 12.7. The third kappa shape index (κ3) is 61.1. The van der Waals surface area contributed by atoms with Crippen LogP contribution in [0.3, 0.4) is 0 Å². The Bertz CT molecular complexity index is 1780. The van der Waals surface area contributed by atoms with Gasteiger partial charge < -0.3 is 20.1 Å². The lowest BCUT2D eigenvalue weighted by Gasteiger charge is -2.19. The van der Waals surface area contributed by atoms with Gasteiger partial charge in [0.25, 0.3) is 0 Å². The number of phosphoric ester groups is 1. The molecule has 0 fully saturated rings. The van der Waals surface area contributed by atoms with E-state index in [2.05, 4.69) is 160 Å². The van der Waals surface area contributed by atoms with Crippen molar-refractivity contribution >= 4 is 19.8 Å². The molecule has 0 aromatic rings. The van der Waals surface area contributed by atoms with Crippen molar-refractivity contribution in [2.24, 2.45) is 5.73 Å². The Morgan fingerprint density at radius 2 is 0.705 bits per heavy atom. The summed E-state index contributed by atoms with van der Waals surface area (Å²) in [4.78, 5) is 35.2. The van der Waals surface area contributed by atoms with Crippen LogP contribution in [0, 0.1) is 0 Å². The number of hydrogen-bond donors (Lipinski definition) is 2. The summed E-state index contributed by atoms with van der Waals surface area (Å²) in [6, 6.07) is 0. The minimum atomic E-state index is -4.40. The molecule has 442 valence electrons. The predicted octanol–water partition coefficient (Wildman–Crippen LogP) is 19.9. The molecule has 0 aliphatic rings. The van der Waals surface area contributed by atoms with Crippen LogP contribution in [-0.4, -0.2) is 49.3 Å². The Labute approximate surface area is 477 Å². The first kappa shape index (κ1) is 73.9. The van der Waals surface area contributed by atoms with E-state index >= 15 is 0 Å². The molecule has 10 heteroatoms. The van der Waals surface area contributed by atoms with E-state index in [0.29, 0.717) is 12.8 Å². The molecule has 78 heavy (non-hydrogen) atoms. The van der Waals surface area contributed by atoms with Crippen molar-refractivity contribution in [3.8, 4) is 0 Å². The standard InChI is InChI=1S/C68H112NO8P/c1-3-5-7-9-11-13-15-17-19-21-22-23-24-25-26-27-28-29-30-31-32-33-34-35-36-37-38-39-40-41-42-43-44-45-47-49-51-53-55-57-59-61-68(71)77-66(65-76-78(72,73)75-63-62-69)64-74-67(70)60-58-56-54-52-50-48-46-20-18-16-14-12-10-8-6-4-2/h5,7,11,13,17,19-20,22-23,25-26,28-29,31-32,34-35,37-38,40-41,43-44,46,66H,3-4,6,8-10,12,14-16,18,21,24,27,30,33,36,39,42,45,47-65,69H2,1-2H3,(H,72,73)/b7-5-,13-11-,19-17-,23-22-,26-25-,29-28-,32-31-,35-34-,38-37-,41-40-,44-43-,46-20-. The smallest absolute Gasteiger partial charge is 0.462 e. The highest BCUT2D eigenvalue weighted by atomic mass is 31.2. The van der Waals surface area contributed by atoms with Gasteiger partial charge in [0.2, 0.25) is 0 Å². The van der Waals surface area contributed by atoms with Crippen LogP contribution in [0.15, 0.2) is 146 Å². The zero-order valence-corrected chi connectivity index (χ0v) is 50.2. The fourth-order valence-electron chi connectivity index (χ4n) is 7.93. The van der Waals surface area contributed by atoms with E-state index in [0.717, 1.165) is 135 Å². The zero-order valence-electron chi connectivity index (χ0n) is 49.3. The van der Waals surface area contributed by atoms with Crippen molar-refractivity contribution in [3.63, 3.8) is 0 Å². The van der Waals surface area contributed by atoms with Gasteiger partial charge in [0.15, 0.2) is 6.10 Å². The van der Waals surface area contributed by atoms with Crippen molar-refractivity contribution in [2.45, 2.75) is 245 Å². The number of hydrogen-bond acceptors (Lipinski definition) is 8. The van der Waals surface area contributed by atoms with Gasteiger partial charge in [-0.05, 0) is 122 Å². The molecule has 0 heterocycles. The molecule has 0 aromatic heterocycles. The van der Waals surface area contributed by atoms with Gasteiger partial charge in [0, 0.05) is 19.4 Å². The van der Waals surface area contributed by atoms with Gasteiger partial charge in [-0.25, -0.2) is 4.57 Å². The Balaban J connectivity index is 4.01. The molecule has 0 aliphatic heterocycles. The highest BCUT2D eigenvalue weighted by molar-refractivity contribution is 7.47. The third-order valence-corrected chi connectivity index (χ3v) is 13.4. The summed E-state index contributed by atoms with van der Waals surface area (Å²) in [6.45, 7) is 3.59. The van der Waals surface area contributed by atoms with Crippen LogP contribution < -0.4 is 5.73 Å². The van der Waals surface area contributed by atoms with E-state index in [4.69, 9.17) is 24.3 Å². The van der Waals surface area contributed by atoms with E-state index < -0.39 is 32.5 Å². The van der Waals surface area contributed by atoms with Crippen LogP contribution in [0.2, 0.25) is 0 Å². The molecule has 0 radical (unpaired) electrons. The Morgan fingerprint density at radius 3 is 1.06 bits per heavy atom. The minimum Gasteiger partial charge on any atom is -0.462 e. The second kappa shape index (κ2) is 62.1. The van der Waals surface area contributed by atoms with E-state index in [1.807, 2.05) is 0 Å². The number of carbonyl (C=O) groups is 2. The Morgan fingerprint density at radius 1 is 0.397 bits per heavy atom. The number of phosphoric acid groups is 1. The maximum atomic E-state index is 12.7. The molecule has 0 aromatic carbocycles. The molecular weight excluding hydrogens is 990 g/mol. The fourth-order valence-corrected chi connectivity index (χ4v) is 8.69. The van der Waals surface area contributed by atoms with Gasteiger partial charge in [0.05, 0.1) is 13.2 Å². The molecule has 0 amide bonds. The zero-order chi connectivity index (χ0) is 56.6. The van der Waals surface area contributed by atoms with Crippen LogP contribution in [-0.2, 0) is 32.7 Å². The fraction of sp³-hybridized carbons (Fsp3) is 0.618. The highest BCUT2D eigenvalue weighted by Crippen LogP contribution is 2.43. The number of nitrogens with two attached hydrogens (primary N) is 1. The number of esters is 2. The molecule has 0 rings (SSSR count). The Kier molecular flexibility index (Phi) is 58.8. The first-order valence-corrected chi connectivity index (χ1v) is 32.3. The van der Waals surface area contributed by atoms with Gasteiger partial charge in [-0.3, -0.25) is 18.6 Å². The van der Waals surface area contributed by atoms with E-state index in [-0.39, 0.29) is 32.6 Å². The summed E-state index contributed by atoms with van der Waals surface area (Å²) in [5.74, 6) is -0.857. The molecule has 0 bridgehead atoms. The van der Waals surface area contributed by atoms with Gasteiger partial charge in [-0.2, -0.15) is 0 Å². The van der Waals surface area contributed by atoms with Crippen LogP contribution in [0.4, 0.5) is 0 Å². The topological polar surface area (TPSA) is 134 Å². The minimum absolute atomic E-state index is 0.0438. The normalized spacial score (nSPS) is 14.1. The summed E-state index contributed by atoms with van der Waals surface area (Å²) >= 11 is 0. The Hall–Kier alpha value is -4.11. The van der Waals surface area contributed by atoms with Gasteiger partial charge in [-0.1, -0.05) is 250 Å².